The lowest BCUT2D eigenvalue weighted by Gasteiger charge is -2.30. The van der Waals surface area contributed by atoms with Crippen LogP contribution in [0.1, 0.15) is 37.1 Å². The lowest BCUT2D eigenvalue weighted by molar-refractivity contribution is 0.0360. The van der Waals surface area contributed by atoms with Gasteiger partial charge in [0.1, 0.15) is 17.2 Å². The second-order valence-corrected chi connectivity index (χ2v) is 5.74. The van der Waals surface area contributed by atoms with Gasteiger partial charge in [-0.15, -0.1) is 0 Å². The molecule has 0 amide bonds. The summed E-state index contributed by atoms with van der Waals surface area (Å²) in [4.78, 5) is 0. The Morgan fingerprint density at radius 3 is 3.00 bits per heavy atom. The molecule has 3 rings (SSSR count). The topological polar surface area (TPSA) is 34.4 Å². The Bertz CT molecular complexity index is 617. The average Bonchev–Trinajstić information content (AvgIpc) is 2.82. The van der Waals surface area contributed by atoms with E-state index in [-0.39, 0.29) is 11.9 Å². The molecule has 0 saturated carbocycles. The maximum Gasteiger partial charge on any atom is 0.134 e. The fourth-order valence-electron chi connectivity index (χ4n) is 3.23. The summed E-state index contributed by atoms with van der Waals surface area (Å²) < 4.78 is 25.1. The van der Waals surface area contributed by atoms with Crippen LogP contribution in [0, 0.1) is 18.7 Å². The molecule has 1 N–H and O–H groups in total. The lowest BCUT2D eigenvalue weighted by atomic mass is 9.90. The second kappa shape index (κ2) is 6.16. The van der Waals surface area contributed by atoms with Gasteiger partial charge in [0.25, 0.3) is 0 Å². The van der Waals surface area contributed by atoms with E-state index in [9.17, 15) is 4.39 Å². The molecule has 2 aromatic rings. The molecular formula is C17H22FNO2. The number of hydrogen-bond acceptors (Lipinski definition) is 3. The van der Waals surface area contributed by atoms with E-state index in [4.69, 9.17) is 9.15 Å². The Morgan fingerprint density at radius 1 is 1.43 bits per heavy atom. The van der Waals surface area contributed by atoms with Crippen LogP contribution in [-0.4, -0.2) is 19.8 Å². The summed E-state index contributed by atoms with van der Waals surface area (Å²) in [5, 5.41) is 4.38. The van der Waals surface area contributed by atoms with Crippen LogP contribution in [0.5, 0.6) is 0 Å². The van der Waals surface area contributed by atoms with E-state index >= 15 is 0 Å². The van der Waals surface area contributed by atoms with Crippen LogP contribution in [0.25, 0.3) is 11.0 Å². The molecule has 1 aromatic heterocycles. The Balaban J connectivity index is 2.00. The van der Waals surface area contributed by atoms with Gasteiger partial charge in [-0.3, -0.25) is 0 Å². The van der Waals surface area contributed by atoms with Crippen LogP contribution in [0.3, 0.4) is 0 Å². The van der Waals surface area contributed by atoms with Gasteiger partial charge in [-0.1, -0.05) is 6.92 Å². The molecule has 114 valence electrons. The van der Waals surface area contributed by atoms with E-state index < -0.39 is 0 Å². The predicted octanol–water partition coefficient (Wildman–Crippen LogP) is 3.96. The number of nitrogens with one attached hydrogen (secondary N) is 1. The molecule has 0 radical (unpaired) electrons. The SMILES string of the molecule is CCNC(c1oc2ccc(F)cc2c1C)C1CCCOC1. The molecule has 2 heterocycles. The molecule has 1 fully saturated rings. The van der Waals surface area contributed by atoms with Crippen molar-refractivity contribution in [2.24, 2.45) is 5.92 Å². The average molecular weight is 291 g/mol. The molecule has 4 heteroatoms. The molecule has 0 aliphatic carbocycles. The number of rotatable bonds is 4. The van der Waals surface area contributed by atoms with Crippen LogP contribution in [0.15, 0.2) is 22.6 Å². The highest BCUT2D eigenvalue weighted by molar-refractivity contribution is 5.82. The first-order valence-corrected chi connectivity index (χ1v) is 7.70. The third kappa shape index (κ3) is 2.83. The fourth-order valence-corrected chi connectivity index (χ4v) is 3.23. The van der Waals surface area contributed by atoms with Crippen molar-refractivity contribution in [2.45, 2.75) is 32.7 Å². The highest BCUT2D eigenvalue weighted by Crippen LogP contribution is 2.35. The third-order valence-electron chi connectivity index (χ3n) is 4.31. The first-order valence-electron chi connectivity index (χ1n) is 7.70. The van der Waals surface area contributed by atoms with Gasteiger partial charge in [0.15, 0.2) is 0 Å². The Kier molecular flexibility index (Phi) is 4.27. The number of halogens is 1. The zero-order valence-electron chi connectivity index (χ0n) is 12.6. The minimum Gasteiger partial charge on any atom is -0.459 e. The highest BCUT2D eigenvalue weighted by Gasteiger charge is 2.29. The van der Waals surface area contributed by atoms with Crippen LogP contribution in [0.4, 0.5) is 4.39 Å². The summed E-state index contributed by atoms with van der Waals surface area (Å²) in [5.74, 6) is 1.11. The summed E-state index contributed by atoms with van der Waals surface area (Å²) >= 11 is 0. The highest BCUT2D eigenvalue weighted by atomic mass is 19.1. The minimum atomic E-state index is -0.223. The van der Waals surface area contributed by atoms with Gasteiger partial charge >= 0.3 is 0 Å². The maximum atomic E-state index is 13.5. The van der Waals surface area contributed by atoms with E-state index in [2.05, 4.69) is 12.2 Å². The van der Waals surface area contributed by atoms with Gasteiger partial charge in [0.05, 0.1) is 12.6 Å². The standard InChI is InChI=1S/C17H22FNO2/c1-3-19-16(12-5-4-8-20-10-12)17-11(2)14-9-13(18)6-7-15(14)21-17/h6-7,9,12,16,19H,3-5,8,10H2,1-2H3. The van der Waals surface area contributed by atoms with Crippen molar-refractivity contribution < 1.29 is 13.5 Å². The normalized spacial score (nSPS) is 20.8. The molecular weight excluding hydrogens is 269 g/mol. The molecule has 3 nitrogen and oxygen atoms in total. The first kappa shape index (κ1) is 14.5. The first-order chi connectivity index (χ1) is 10.2. The van der Waals surface area contributed by atoms with Gasteiger partial charge < -0.3 is 14.5 Å². The molecule has 1 aliphatic rings. The van der Waals surface area contributed by atoms with Crippen molar-refractivity contribution in [3.05, 3.63) is 35.3 Å². The summed E-state index contributed by atoms with van der Waals surface area (Å²) in [7, 11) is 0. The summed E-state index contributed by atoms with van der Waals surface area (Å²) in [6.45, 7) is 6.57. The van der Waals surface area contributed by atoms with Crippen LogP contribution >= 0.6 is 0 Å². The summed E-state index contributed by atoms with van der Waals surface area (Å²) in [6.07, 6.45) is 2.21. The Hall–Kier alpha value is -1.39. The molecule has 1 aliphatic heterocycles. The van der Waals surface area contributed by atoms with Crippen LogP contribution in [0.2, 0.25) is 0 Å². The predicted molar refractivity (Wildman–Crippen MR) is 80.9 cm³/mol. The van der Waals surface area contributed by atoms with E-state index in [0.29, 0.717) is 5.92 Å². The smallest absolute Gasteiger partial charge is 0.134 e. The van der Waals surface area contributed by atoms with Crippen molar-refractivity contribution >= 4 is 11.0 Å². The second-order valence-electron chi connectivity index (χ2n) is 5.74. The van der Waals surface area contributed by atoms with Crippen molar-refractivity contribution in [1.29, 1.82) is 0 Å². The quantitative estimate of drug-likeness (QED) is 0.926. The molecule has 1 saturated heterocycles. The lowest BCUT2D eigenvalue weighted by Crippen LogP contribution is -2.33. The number of ether oxygens (including phenoxy) is 1. The van der Waals surface area contributed by atoms with Crippen molar-refractivity contribution in [1.82, 2.24) is 5.32 Å². The van der Waals surface area contributed by atoms with Crippen LogP contribution in [-0.2, 0) is 4.74 Å². The Labute approximate surface area is 124 Å². The van der Waals surface area contributed by atoms with Gasteiger partial charge in [-0.25, -0.2) is 4.39 Å². The van der Waals surface area contributed by atoms with E-state index in [1.807, 2.05) is 6.92 Å². The molecule has 0 bridgehead atoms. The van der Waals surface area contributed by atoms with Crippen LogP contribution < -0.4 is 5.32 Å². The molecule has 21 heavy (non-hydrogen) atoms. The Morgan fingerprint density at radius 2 is 2.29 bits per heavy atom. The van der Waals surface area contributed by atoms with Crippen molar-refractivity contribution in [3.8, 4) is 0 Å². The van der Waals surface area contributed by atoms with E-state index in [1.165, 1.54) is 6.07 Å². The number of furan rings is 1. The van der Waals surface area contributed by atoms with E-state index in [1.54, 1.807) is 12.1 Å². The summed E-state index contributed by atoms with van der Waals surface area (Å²) in [5.41, 5.74) is 1.78. The maximum absolute atomic E-state index is 13.5. The summed E-state index contributed by atoms with van der Waals surface area (Å²) in [6, 6.07) is 4.84. The monoisotopic (exact) mass is 291 g/mol. The fraction of sp³-hybridized carbons (Fsp3) is 0.529. The number of fused-ring (bicyclic) bond motifs is 1. The molecule has 2 unspecified atom stereocenters. The molecule has 1 aromatic carbocycles. The minimum absolute atomic E-state index is 0.130. The molecule has 2 atom stereocenters. The zero-order valence-corrected chi connectivity index (χ0v) is 12.6. The van der Waals surface area contributed by atoms with E-state index in [0.717, 1.165) is 54.9 Å². The van der Waals surface area contributed by atoms with Gasteiger partial charge in [0, 0.05) is 23.5 Å². The van der Waals surface area contributed by atoms with Crippen molar-refractivity contribution in [3.63, 3.8) is 0 Å². The number of hydrogen-bond donors (Lipinski definition) is 1. The zero-order chi connectivity index (χ0) is 14.8. The van der Waals surface area contributed by atoms with Gasteiger partial charge in [0.2, 0.25) is 0 Å². The largest absolute Gasteiger partial charge is 0.459 e. The van der Waals surface area contributed by atoms with Gasteiger partial charge in [-0.05, 0) is 44.5 Å². The number of benzene rings is 1. The van der Waals surface area contributed by atoms with Crippen molar-refractivity contribution in [2.75, 3.05) is 19.8 Å². The number of aryl methyl sites for hydroxylation is 1. The molecule has 0 spiro atoms. The third-order valence-corrected chi connectivity index (χ3v) is 4.31. The van der Waals surface area contributed by atoms with Gasteiger partial charge in [-0.2, -0.15) is 0 Å².